The molecule has 7 rings (SSSR count). The highest BCUT2D eigenvalue weighted by Crippen LogP contribution is 2.68. The first-order chi connectivity index (χ1) is 28.8. The fourth-order valence-electron chi connectivity index (χ4n) is 12.9. The number of ether oxygens (including phenoxy) is 9. The van der Waals surface area contributed by atoms with Gasteiger partial charge in [0.25, 0.3) is 0 Å². The van der Waals surface area contributed by atoms with E-state index in [2.05, 4.69) is 19.9 Å². The van der Waals surface area contributed by atoms with Crippen LogP contribution in [0.15, 0.2) is 23.3 Å². The van der Waals surface area contributed by atoms with Crippen molar-refractivity contribution in [2.75, 3.05) is 14.2 Å². The van der Waals surface area contributed by atoms with E-state index in [1.807, 2.05) is 27.7 Å². The van der Waals surface area contributed by atoms with Crippen molar-refractivity contribution in [2.45, 2.75) is 212 Å². The Kier molecular flexibility index (Phi) is 14.1. The molecule has 346 valence electrons. The molecule has 6 fully saturated rings. The standard InChI is InChI=1S/C47H74O14/c1-12-23(2)43(51)59-35-21-33-32(47(52)18-16-31(25(4)48)46(35,47)9)14-13-29-20-30(15-17-45(29,33)8)58-37-22-34(53-10)41(28(7)56-37)60-36-19-24(3)40(27(6)55-36)61-44-39(50)42(54-11)38(49)26(5)57-44/h12-13,24,26-28,30-42,44,49-50,52H,14-22H2,1-11H3/b23-12+/t24?,26?,27?,28?,30-,31+,32?,33?,34?,35+,36?,37?,38?,39?,40?,41?,42?,44?,45-,46-,47-/m0/s1. The topological polar surface area (TPSA) is 178 Å². The lowest BCUT2D eigenvalue weighted by atomic mass is 9.45. The lowest BCUT2D eigenvalue weighted by molar-refractivity contribution is -0.345. The van der Waals surface area contributed by atoms with Crippen molar-refractivity contribution in [3.05, 3.63) is 23.3 Å². The second-order valence-electron chi connectivity index (χ2n) is 20.0. The van der Waals surface area contributed by atoms with E-state index in [1.54, 1.807) is 34.0 Å². The molecule has 3 N–H and O–H groups in total. The van der Waals surface area contributed by atoms with Gasteiger partial charge in [0, 0.05) is 44.0 Å². The zero-order valence-corrected chi connectivity index (χ0v) is 38.2. The number of aliphatic hydroxyl groups excluding tert-OH is 2. The number of hydrogen-bond acceptors (Lipinski definition) is 14. The van der Waals surface area contributed by atoms with E-state index < -0.39 is 72.6 Å². The van der Waals surface area contributed by atoms with Gasteiger partial charge < -0.3 is 58.0 Å². The summed E-state index contributed by atoms with van der Waals surface area (Å²) in [5, 5.41) is 34.0. The van der Waals surface area contributed by atoms with E-state index in [4.69, 9.17) is 42.6 Å². The SMILES string of the molecule is C/C=C(\C)C(=O)O[C@@H]1CC2C(CC=C3C[C@@H](OC4CC(OC)C(OC5CC(C)C(OC6OC(C)C(O)C(OC)C6O)C(C)O5)C(C)O4)CC[C@@]32C)[C@@]2(O)CC[C@H](C(C)=O)[C@@]12C. The average molecular weight is 863 g/mol. The summed E-state index contributed by atoms with van der Waals surface area (Å²) in [7, 11) is 3.12. The van der Waals surface area contributed by atoms with E-state index in [-0.39, 0.29) is 65.3 Å². The summed E-state index contributed by atoms with van der Waals surface area (Å²) in [5.74, 6) is -0.702. The Morgan fingerprint density at radius 3 is 2.13 bits per heavy atom. The predicted octanol–water partition coefficient (Wildman–Crippen LogP) is 5.32. The van der Waals surface area contributed by atoms with Gasteiger partial charge in [0.05, 0.1) is 42.2 Å². The molecule has 0 bridgehead atoms. The second-order valence-corrected chi connectivity index (χ2v) is 20.0. The van der Waals surface area contributed by atoms with Gasteiger partial charge in [0.1, 0.15) is 36.3 Å². The Bertz CT molecular complexity index is 1640. The van der Waals surface area contributed by atoms with Crippen LogP contribution in [0.25, 0.3) is 0 Å². The molecule has 3 heterocycles. The van der Waals surface area contributed by atoms with Crippen LogP contribution >= 0.6 is 0 Å². The van der Waals surface area contributed by atoms with Crippen molar-refractivity contribution in [1.29, 1.82) is 0 Å². The smallest absolute Gasteiger partial charge is 0.333 e. The minimum absolute atomic E-state index is 0.00840. The predicted molar refractivity (Wildman–Crippen MR) is 222 cm³/mol. The van der Waals surface area contributed by atoms with Crippen LogP contribution in [0.2, 0.25) is 0 Å². The summed E-state index contributed by atoms with van der Waals surface area (Å²) in [4.78, 5) is 26.4. The summed E-state index contributed by atoms with van der Waals surface area (Å²) in [6.45, 7) is 17.1. The van der Waals surface area contributed by atoms with Gasteiger partial charge in [-0.3, -0.25) is 4.79 Å². The first-order valence-electron chi connectivity index (χ1n) is 22.9. The number of methoxy groups -OCH3 is 2. The molecule has 15 unspecified atom stereocenters. The average Bonchev–Trinajstić information content (AvgIpc) is 3.51. The molecule has 21 atom stereocenters. The number of carbonyl (C=O) groups excluding carboxylic acids is 2. The first-order valence-corrected chi connectivity index (χ1v) is 22.9. The Hall–Kier alpha value is -1.82. The molecule has 0 aromatic heterocycles. The van der Waals surface area contributed by atoms with E-state index in [0.29, 0.717) is 44.1 Å². The summed E-state index contributed by atoms with van der Waals surface area (Å²) in [5.41, 5.74) is -0.399. The molecule has 0 spiro atoms. The van der Waals surface area contributed by atoms with Crippen LogP contribution in [0.3, 0.4) is 0 Å². The Labute approximate surface area is 362 Å². The number of esters is 1. The Morgan fingerprint density at radius 1 is 0.803 bits per heavy atom. The van der Waals surface area contributed by atoms with Gasteiger partial charge >= 0.3 is 5.97 Å². The molecule has 61 heavy (non-hydrogen) atoms. The van der Waals surface area contributed by atoms with Crippen molar-refractivity contribution in [3.8, 4) is 0 Å². The third-order valence-corrected chi connectivity index (χ3v) is 16.7. The van der Waals surface area contributed by atoms with Gasteiger partial charge in [0.15, 0.2) is 18.9 Å². The quantitative estimate of drug-likeness (QED) is 0.138. The molecule has 0 aromatic carbocycles. The summed E-state index contributed by atoms with van der Waals surface area (Å²) < 4.78 is 56.0. The minimum atomic E-state index is -1.16. The monoisotopic (exact) mass is 863 g/mol. The van der Waals surface area contributed by atoms with Gasteiger partial charge in [-0.05, 0) is 110 Å². The molecule has 0 aromatic rings. The molecule has 4 aliphatic carbocycles. The molecule has 0 amide bonds. The van der Waals surface area contributed by atoms with Crippen molar-refractivity contribution in [3.63, 3.8) is 0 Å². The van der Waals surface area contributed by atoms with Crippen LogP contribution in [0, 0.1) is 34.5 Å². The fraction of sp³-hybridized carbons (Fsp3) is 0.872. The number of carbonyl (C=O) groups is 2. The van der Waals surface area contributed by atoms with E-state index in [1.165, 1.54) is 12.7 Å². The van der Waals surface area contributed by atoms with Crippen LogP contribution in [0.5, 0.6) is 0 Å². The molecule has 7 aliphatic rings. The minimum Gasteiger partial charge on any atom is -0.458 e. The normalized spacial score (nSPS) is 50.2. The van der Waals surface area contributed by atoms with Crippen molar-refractivity contribution in [1.82, 2.24) is 0 Å². The molecular formula is C47H74O14. The van der Waals surface area contributed by atoms with Crippen LogP contribution < -0.4 is 0 Å². The van der Waals surface area contributed by atoms with E-state index in [0.717, 1.165) is 19.3 Å². The molecular weight excluding hydrogens is 789 g/mol. The lowest BCUT2D eigenvalue weighted by Gasteiger charge is -2.63. The van der Waals surface area contributed by atoms with Gasteiger partial charge in [-0.25, -0.2) is 4.79 Å². The van der Waals surface area contributed by atoms with Crippen molar-refractivity contribution < 1.29 is 67.5 Å². The summed E-state index contributed by atoms with van der Waals surface area (Å²) >= 11 is 0. The number of aliphatic hydroxyl groups is 3. The van der Waals surface area contributed by atoms with Crippen LogP contribution in [-0.4, -0.2) is 133 Å². The number of allylic oxidation sites excluding steroid dienone is 2. The van der Waals surface area contributed by atoms with Gasteiger partial charge in [-0.15, -0.1) is 0 Å². The van der Waals surface area contributed by atoms with E-state index in [9.17, 15) is 24.9 Å². The molecule has 3 saturated carbocycles. The molecule has 14 nitrogen and oxygen atoms in total. The first kappa shape index (κ1) is 47.2. The number of fused-ring (bicyclic) bond motifs is 5. The number of hydrogen-bond donors (Lipinski definition) is 3. The molecule has 3 saturated heterocycles. The maximum Gasteiger partial charge on any atom is 0.333 e. The molecule has 0 radical (unpaired) electrons. The Morgan fingerprint density at radius 2 is 1.49 bits per heavy atom. The molecule has 3 aliphatic heterocycles. The van der Waals surface area contributed by atoms with E-state index >= 15 is 0 Å². The zero-order chi connectivity index (χ0) is 44.3. The fourth-order valence-corrected chi connectivity index (χ4v) is 12.9. The number of rotatable bonds is 11. The highest BCUT2D eigenvalue weighted by molar-refractivity contribution is 5.88. The molecule has 14 heteroatoms. The highest BCUT2D eigenvalue weighted by atomic mass is 16.7. The largest absolute Gasteiger partial charge is 0.458 e. The second kappa shape index (κ2) is 18.2. The number of ketones is 1. The maximum absolute atomic E-state index is 13.3. The van der Waals surface area contributed by atoms with Gasteiger partial charge in [0.2, 0.25) is 0 Å². The maximum atomic E-state index is 13.3. The zero-order valence-electron chi connectivity index (χ0n) is 38.2. The van der Waals surface area contributed by atoms with Crippen molar-refractivity contribution >= 4 is 11.8 Å². The summed E-state index contributed by atoms with van der Waals surface area (Å²) in [6.07, 6.45) is 1.82. The number of Topliss-reactive ketones (excluding diaryl/α,β-unsaturated/α-hetero) is 1. The van der Waals surface area contributed by atoms with Gasteiger partial charge in [-0.2, -0.15) is 0 Å². The third-order valence-electron chi connectivity index (χ3n) is 16.7. The summed E-state index contributed by atoms with van der Waals surface area (Å²) in [6, 6.07) is 0. The van der Waals surface area contributed by atoms with Gasteiger partial charge in [-0.1, -0.05) is 38.5 Å². The highest BCUT2D eigenvalue weighted by Gasteiger charge is 2.71. The van der Waals surface area contributed by atoms with Crippen LogP contribution in [-0.2, 0) is 52.2 Å². The third kappa shape index (κ3) is 8.36. The van der Waals surface area contributed by atoms with Crippen LogP contribution in [0.1, 0.15) is 120 Å². The lowest BCUT2D eigenvalue weighted by Crippen LogP contribution is -2.66. The van der Waals surface area contributed by atoms with Crippen LogP contribution in [0.4, 0.5) is 0 Å². The Balaban J connectivity index is 0.972. The van der Waals surface area contributed by atoms with Crippen molar-refractivity contribution in [2.24, 2.45) is 34.5 Å².